The van der Waals surface area contributed by atoms with Gasteiger partial charge in [-0.05, 0) is 50.3 Å². The molecule has 6 nitrogen and oxygen atoms in total. The first-order valence-corrected chi connectivity index (χ1v) is 8.92. The Labute approximate surface area is 147 Å². The maximum atomic E-state index is 12.9. The number of nitrogens with one attached hydrogen (secondary N) is 1. The summed E-state index contributed by atoms with van der Waals surface area (Å²) < 4.78 is 5.63. The molecule has 0 aliphatic carbocycles. The zero-order chi connectivity index (χ0) is 18.0. The standard InChI is InChI=1S/C19H25N3O3/c1-12(2)17(18(23)22-9-5-4-6-13(22)3)25-19(24)14-7-8-16-15(10-14)11-20-21-16/h7-8,10-13,17H,4-6,9H2,1-3H3,(H,20,21)/t13-,17+/m0/s1. The van der Waals surface area contributed by atoms with Crippen molar-refractivity contribution in [1.29, 1.82) is 0 Å². The maximum Gasteiger partial charge on any atom is 0.338 e. The molecule has 1 aromatic heterocycles. The highest BCUT2D eigenvalue weighted by molar-refractivity contribution is 5.96. The molecule has 1 saturated heterocycles. The van der Waals surface area contributed by atoms with Crippen LogP contribution < -0.4 is 0 Å². The zero-order valence-electron chi connectivity index (χ0n) is 15.0. The van der Waals surface area contributed by atoms with Crippen LogP contribution in [0.3, 0.4) is 0 Å². The van der Waals surface area contributed by atoms with E-state index >= 15 is 0 Å². The second-order valence-corrected chi connectivity index (χ2v) is 7.12. The predicted molar refractivity (Wildman–Crippen MR) is 95.2 cm³/mol. The number of rotatable bonds is 4. The van der Waals surface area contributed by atoms with Crippen LogP contribution in [-0.4, -0.2) is 45.7 Å². The number of amides is 1. The fourth-order valence-corrected chi connectivity index (χ4v) is 3.31. The lowest BCUT2D eigenvalue weighted by Gasteiger charge is -2.36. The van der Waals surface area contributed by atoms with Crippen LogP contribution in [0.25, 0.3) is 10.9 Å². The molecule has 1 amide bonds. The van der Waals surface area contributed by atoms with Gasteiger partial charge in [0.15, 0.2) is 6.10 Å². The fraction of sp³-hybridized carbons (Fsp3) is 0.526. The highest BCUT2D eigenvalue weighted by Gasteiger charge is 2.34. The number of carbonyl (C=O) groups excluding carboxylic acids is 2. The van der Waals surface area contributed by atoms with Gasteiger partial charge in [-0.25, -0.2) is 4.79 Å². The smallest absolute Gasteiger partial charge is 0.338 e. The number of hydrogen-bond acceptors (Lipinski definition) is 4. The van der Waals surface area contributed by atoms with Crippen LogP contribution in [0.2, 0.25) is 0 Å². The largest absolute Gasteiger partial charge is 0.448 e. The van der Waals surface area contributed by atoms with Gasteiger partial charge in [0, 0.05) is 18.0 Å². The third-order valence-corrected chi connectivity index (χ3v) is 4.84. The van der Waals surface area contributed by atoms with Crippen molar-refractivity contribution in [3.63, 3.8) is 0 Å². The molecule has 134 valence electrons. The SMILES string of the molecule is CC(C)[C@@H](OC(=O)c1ccc2[nH]ncc2c1)C(=O)N1CCCC[C@@H]1C. The van der Waals surface area contributed by atoms with E-state index in [0.29, 0.717) is 5.56 Å². The van der Waals surface area contributed by atoms with Gasteiger partial charge >= 0.3 is 5.97 Å². The van der Waals surface area contributed by atoms with Gasteiger partial charge in [0.25, 0.3) is 5.91 Å². The van der Waals surface area contributed by atoms with E-state index in [0.717, 1.165) is 36.7 Å². The van der Waals surface area contributed by atoms with Crippen LogP contribution >= 0.6 is 0 Å². The molecular formula is C19H25N3O3. The van der Waals surface area contributed by atoms with Gasteiger partial charge in [-0.2, -0.15) is 5.10 Å². The summed E-state index contributed by atoms with van der Waals surface area (Å²) >= 11 is 0. The number of carbonyl (C=O) groups is 2. The summed E-state index contributed by atoms with van der Waals surface area (Å²) in [5.41, 5.74) is 1.29. The third kappa shape index (κ3) is 3.67. The van der Waals surface area contributed by atoms with Crippen molar-refractivity contribution < 1.29 is 14.3 Å². The lowest BCUT2D eigenvalue weighted by molar-refractivity contribution is -0.146. The molecule has 1 fully saturated rings. The quantitative estimate of drug-likeness (QED) is 0.865. The van der Waals surface area contributed by atoms with Crippen LogP contribution in [0.1, 0.15) is 50.4 Å². The van der Waals surface area contributed by atoms with Gasteiger partial charge in [-0.15, -0.1) is 0 Å². The van der Waals surface area contributed by atoms with E-state index in [-0.39, 0.29) is 17.9 Å². The van der Waals surface area contributed by atoms with Crippen molar-refractivity contribution in [2.24, 2.45) is 5.92 Å². The number of benzene rings is 1. The topological polar surface area (TPSA) is 75.3 Å². The van der Waals surface area contributed by atoms with Crippen molar-refractivity contribution in [3.8, 4) is 0 Å². The summed E-state index contributed by atoms with van der Waals surface area (Å²) in [6.07, 6.45) is 4.05. The van der Waals surface area contributed by atoms with E-state index in [2.05, 4.69) is 17.1 Å². The summed E-state index contributed by atoms with van der Waals surface area (Å²) in [6, 6.07) is 5.40. The van der Waals surface area contributed by atoms with Gasteiger partial charge < -0.3 is 9.64 Å². The summed E-state index contributed by atoms with van der Waals surface area (Å²) in [4.78, 5) is 27.4. The number of fused-ring (bicyclic) bond motifs is 1. The number of piperidine rings is 1. The molecule has 6 heteroatoms. The molecule has 0 saturated carbocycles. The number of aromatic nitrogens is 2. The van der Waals surface area contributed by atoms with Crippen molar-refractivity contribution in [1.82, 2.24) is 15.1 Å². The van der Waals surface area contributed by atoms with Crippen molar-refractivity contribution >= 4 is 22.8 Å². The molecular weight excluding hydrogens is 318 g/mol. The van der Waals surface area contributed by atoms with Crippen LogP contribution in [-0.2, 0) is 9.53 Å². The van der Waals surface area contributed by atoms with Gasteiger partial charge in [-0.1, -0.05) is 13.8 Å². The second-order valence-electron chi connectivity index (χ2n) is 7.12. The third-order valence-electron chi connectivity index (χ3n) is 4.84. The van der Waals surface area contributed by atoms with Crippen molar-refractivity contribution in [3.05, 3.63) is 30.0 Å². The predicted octanol–water partition coefficient (Wildman–Crippen LogP) is 3.15. The molecule has 2 atom stereocenters. The number of aromatic amines is 1. The molecule has 0 unspecified atom stereocenters. The number of ether oxygens (including phenoxy) is 1. The van der Waals surface area contributed by atoms with Crippen LogP contribution in [0.4, 0.5) is 0 Å². The van der Waals surface area contributed by atoms with Gasteiger partial charge in [0.2, 0.25) is 0 Å². The minimum absolute atomic E-state index is 0.0803. The Morgan fingerprint density at radius 2 is 2.12 bits per heavy atom. The Balaban J connectivity index is 1.76. The van der Waals surface area contributed by atoms with Crippen LogP contribution in [0, 0.1) is 5.92 Å². The van der Waals surface area contributed by atoms with Gasteiger partial charge in [0.1, 0.15) is 0 Å². The molecule has 2 aromatic rings. The maximum absolute atomic E-state index is 12.9. The minimum Gasteiger partial charge on any atom is -0.448 e. The number of H-pyrrole nitrogens is 1. The lowest BCUT2D eigenvalue weighted by Crippen LogP contribution is -2.49. The molecule has 0 bridgehead atoms. The fourth-order valence-electron chi connectivity index (χ4n) is 3.31. The monoisotopic (exact) mass is 343 g/mol. The van der Waals surface area contributed by atoms with E-state index in [9.17, 15) is 9.59 Å². The minimum atomic E-state index is -0.756. The first kappa shape index (κ1) is 17.5. The first-order valence-electron chi connectivity index (χ1n) is 8.92. The molecule has 25 heavy (non-hydrogen) atoms. The highest BCUT2D eigenvalue weighted by atomic mass is 16.5. The molecule has 2 heterocycles. The van der Waals surface area contributed by atoms with E-state index in [1.54, 1.807) is 24.4 Å². The Kier molecular flexibility index (Phi) is 5.06. The normalized spacial score (nSPS) is 19.2. The number of likely N-dealkylation sites (tertiary alicyclic amines) is 1. The summed E-state index contributed by atoms with van der Waals surface area (Å²) in [5, 5.41) is 7.64. The molecule has 1 aliphatic rings. The van der Waals surface area contributed by atoms with E-state index in [4.69, 9.17) is 4.74 Å². The highest BCUT2D eigenvalue weighted by Crippen LogP contribution is 2.22. The van der Waals surface area contributed by atoms with Crippen molar-refractivity contribution in [2.75, 3.05) is 6.54 Å². The van der Waals surface area contributed by atoms with E-state index in [1.807, 2.05) is 18.7 Å². The molecule has 3 rings (SSSR count). The Morgan fingerprint density at radius 3 is 2.84 bits per heavy atom. The van der Waals surface area contributed by atoms with Crippen LogP contribution in [0.15, 0.2) is 24.4 Å². The number of hydrogen-bond donors (Lipinski definition) is 1. The molecule has 1 aromatic carbocycles. The Bertz CT molecular complexity index is 768. The number of esters is 1. The summed E-state index contributed by atoms with van der Waals surface area (Å²) in [5.74, 6) is -0.636. The van der Waals surface area contributed by atoms with Crippen LogP contribution in [0.5, 0.6) is 0 Å². The number of nitrogens with zero attached hydrogens (tertiary/aromatic N) is 2. The molecule has 1 N–H and O–H groups in total. The van der Waals surface area contributed by atoms with Gasteiger partial charge in [0.05, 0.1) is 17.3 Å². The lowest BCUT2D eigenvalue weighted by atomic mass is 9.99. The second kappa shape index (κ2) is 7.25. The zero-order valence-corrected chi connectivity index (χ0v) is 15.0. The average Bonchev–Trinajstić information content (AvgIpc) is 3.06. The summed E-state index contributed by atoms with van der Waals surface area (Å²) in [6.45, 7) is 6.61. The molecule has 0 radical (unpaired) electrons. The van der Waals surface area contributed by atoms with E-state index in [1.165, 1.54) is 0 Å². The molecule has 1 aliphatic heterocycles. The Morgan fingerprint density at radius 1 is 1.32 bits per heavy atom. The molecule has 0 spiro atoms. The summed E-state index contributed by atoms with van der Waals surface area (Å²) in [7, 11) is 0. The Hall–Kier alpha value is -2.37. The average molecular weight is 343 g/mol. The van der Waals surface area contributed by atoms with E-state index < -0.39 is 12.1 Å². The van der Waals surface area contributed by atoms with Crippen molar-refractivity contribution in [2.45, 2.75) is 52.2 Å². The van der Waals surface area contributed by atoms with Gasteiger partial charge in [-0.3, -0.25) is 9.89 Å². The first-order chi connectivity index (χ1) is 12.0.